The van der Waals surface area contributed by atoms with E-state index >= 15 is 0 Å². The van der Waals surface area contributed by atoms with E-state index in [4.69, 9.17) is 10.3 Å². The zero-order valence-corrected chi connectivity index (χ0v) is 9.47. The molecule has 1 aliphatic carbocycles. The Morgan fingerprint density at radius 3 is 2.50 bits per heavy atom. The van der Waals surface area contributed by atoms with Gasteiger partial charge < -0.3 is 10.3 Å². The van der Waals surface area contributed by atoms with Gasteiger partial charge in [-0.15, -0.1) is 12.4 Å². The molecule has 7 heteroatoms. The lowest BCUT2D eigenvalue weighted by atomic mass is 9.86. The number of hydrogen-bond acceptors (Lipinski definition) is 4. The molecule has 1 aromatic rings. The third-order valence-corrected chi connectivity index (χ3v) is 2.74. The molecule has 0 unspecified atom stereocenters. The molecule has 1 aromatic heterocycles. The fourth-order valence-corrected chi connectivity index (χ4v) is 1.82. The lowest BCUT2D eigenvalue weighted by Gasteiger charge is -2.26. The maximum Gasteiger partial charge on any atom is 0.248 e. The molecule has 1 heterocycles. The second-order valence-electron chi connectivity index (χ2n) is 3.88. The first kappa shape index (κ1) is 13.3. The summed E-state index contributed by atoms with van der Waals surface area (Å²) in [4.78, 5) is 4.05. The van der Waals surface area contributed by atoms with Crippen LogP contribution in [0.4, 0.5) is 8.78 Å². The molecule has 2 N–H and O–H groups in total. The lowest BCUT2D eigenvalue weighted by Crippen LogP contribution is -2.24. The molecule has 92 valence electrons. The predicted octanol–water partition coefficient (Wildman–Crippen LogP) is 2.24. The van der Waals surface area contributed by atoms with E-state index in [1.807, 2.05) is 0 Å². The maximum absolute atomic E-state index is 12.9. The molecule has 0 saturated heterocycles. The summed E-state index contributed by atoms with van der Waals surface area (Å²) in [5.74, 6) is -1.64. The van der Waals surface area contributed by atoms with Gasteiger partial charge in [-0.1, -0.05) is 5.16 Å². The Balaban J connectivity index is 0.00000128. The molecule has 0 aliphatic heterocycles. The molecule has 0 atom stereocenters. The number of nitrogens with two attached hydrogens (primary N) is 1. The Kier molecular flexibility index (Phi) is 4.21. The van der Waals surface area contributed by atoms with Gasteiger partial charge in [0.25, 0.3) is 0 Å². The van der Waals surface area contributed by atoms with Crippen LogP contribution in [0.2, 0.25) is 0 Å². The van der Waals surface area contributed by atoms with E-state index < -0.39 is 5.92 Å². The quantitative estimate of drug-likeness (QED) is 0.878. The van der Waals surface area contributed by atoms with Gasteiger partial charge in [-0.3, -0.25) is 0 Å². The topological polar surface area (TPSA) is 64.9 Å². The van der Waals surface area contributed by atoms with Gasteiger partial charge in [0.1, 0.15) is 0 Å². The summed E-state index contributed by atoms with van der Waals surface area (Å²) < 4.78 is 30.6. The van der Waals surface area contributed by atoms with Crippen LogP contribution in [-0.2, 0) is 6.54 Å². The van der Waals surface area contributed by atoms with Gasteiger partial charge in [-0.2, -0.15) is 4.98 Å². The van der Waals surface area contributed by atoms with Gasteiger partial charge in [0, 0.05) is 18.8 Å². The average Bonchev–Trinajstić information content (AvgIpc) is 2.66. The van der Waals surface area contributed by atoms with Gasteiger partial charge >= 0.3 is 0 Å². The van der Waals surface area contributed by atoms with Gasteiger partial charge in [-0.05, 0) is 12.8 Å². The van der Waals surface area contributed by atoms with Crippen molar-refractivity contribution in [2.45, 2.75) is 44.1 Å². The van der Waals surface area contributed by atoms with Crippen LogP contribution in [0.15, 0.2) is 4.52 Å². The number of nitrogens with zero attached hydrogens (tertiary/aromatic N) is 2. The Labute approximate surface area is 98.0 Å². The highest BCUT2D eigenvalue weighted by molar-refractivity contribution is 5.85. The van der Waals surface area contributed by atoms with E-state index in [2.05, 4.69) is 10.1 Å². The fourth-order valence-electron chi connectivity index (χ4n) is 1.82. The smallest absolute Gasteiger partial charge is 0.248 e. The monoisotopic (exact) mass is 253 g/mol. The highest BCUT2D eigenvalue weighted by atomic mass is 35.5. The van der Waals surface area contributed by atoms with E-state index in [0.717, 1.165) is 0 Å². The van der Waals surface area contributed by atoms with Crippen molar-refractivity contribution in [1.82, 2.24) is 10.1 Å². The molecular formula is C9H14ClF2N3O. The third-order valence-electron chi connectivity index (χ3n) is 2.74. The van der Waals surface area contributed by atoms with Crippen molar-refractivity contribution in [3.63, 3.8) is 0 Å². The molecule has 0 amide bonds. The first-order valence-corrected chi connectivity index (χ1v) is 5.01. The molecule has 1 fully saturated rings. The van der Waals surface area contributed by atoms with Crippen LogP contribution in [0.25, 0.3) is 0 Å². The summed E-state index contributed by atoms with van der Waals surface area (Å²) in [6.07, 6.45) is 0.640. The zero-order chi connectivity index (χ0) is 10.9. The Bertz CT molecular complexity index is 335. The SMILES string of the molecule is Cl.NCc1nc(C2CCC(F)(F)CC2)no1. The number of alkyl halides is 2. The van der Waals surface area contributed by atoms with Crippen LogP contribution < -0.4 is 5.73 Å². The zero-order valence-electron chi connectivity index (χ0n) is 8.66. The first-order valence-electron chi connectivity index (χ1n) is 5.01. The molecule has 0 bridgehead atoms. The van der Waals surface area contributed by atoms with Crippen molar-refractivity contribution < 1.29 is 13.3 Å². The number of rotatable bonds is 2. The molecule has 4 nitrogen and oxygen atoms in total. The average molecular weight is 254 g/mol. The third kappa shape index (κ3) is 2.89. The molecule has 1 aliphatic rings. The van der Waals surface area contributed by atoms with Crippen LogP contribution in [0.1, 0.15) is 43.3 Å². The predicted molar refractivity (Wildman–Crippen MR) is 55.6 cm³/mol. The standard InChI is InChI=1S/C9H13F2N3O.ClH/c10-9(11)3-1-6(2-4-9)8-13-7(5-12)15-14-8;/h6H,1-5,12H2;1H. The van der Waals surface area contributed by atoms with Gasteiger partial charge in [0.15, 0.2) is 5.82 Å². The van der Waals surface area contributed by atoms with Crippen molar-refractivity contribution in [3.05, 3.63) is 11.7 Å². The van der Waals surface area contributed by atoms with Crippen LogP contribution in [0.5, 0.6) is 0 Å². The Morgan fingerprint density at radius 1 is 1.38 bits per heavy atom. The summed E-state index contributed by atoms with van der Waals surface area (Å²) in [6, 6.07) is 0. The minimum Gasteiger partial charge on any atom is -0.338 e. The molecule has 2 rings (SSSR count). The summed E-state index contributed by atoms with van der Waals surface area (Å²) in [5.41, 5.74) is 5.32. The summed E-state index contributed by atoms with van der Waals surface area (Å²) in [7, 11) is 0. The van der Waals surface area contributed by atoms with Crippen LogP contribution in [0, 0.1) is 0 Å². The number of aromatic nitrogens is 2. The highest BCUT2D eigenvalue weighted by Crippen LogP contribution is 2.39. The van der Waals surface area contributed by atoms with Crippen LogP contribution in [-0.4, -0.2) is 16.1 Å². The second kappa shape index (κ2) is 5.05. The summed E-state index contributed by atoms with van der Waals surface area (Å²) >= 11 is 0. The summed E-state index contributed by atoms with van der Waals surface area (Å²) in [5, 5.41) is 3.75. The van der Waals surface area contributed by atoms with Gasteiger partial charge in [-0.25, -0.2) is 8.78 Å². The van der Waals surface area contributed by atoms with E-state index in [1.54, 1.807) is 0 Å². The number of halogens is 3. The van der Waals surface area contributed by atoms with Gasteiger partial charge in [0.05, 0.1) is 6.54 Å². The normalized spacial score (nSPS) is 20.4. The van der Waals surface area contributed by atoms with Crippen molar-refractivity contribution in [2.75, 3.05) is 0 Å². The minimum absolute atomic E-state index is 0. The Morgan fingerprint density at radius 2 is 2.00 bits per heavy atom. The van der Waals surface area contributed by atoms with Crippen molar-refractivity contribution in [3.8, 4) is 0 Å². The molecule has 0 aromatic carbocycles. The lowest BCUT2D eigenvalue weighted by molar-refractivity contribution is -0.0389. The summed E-state index contributed by atoms with van der Waals surface area (Å²) in [6.45, 7) is 0.190. The molecule has 0 radical (unpaired) electrons. The fraction of sp³-hybridized carbons (Fsp3) is 0.778. The second-order valence-corrected chi connectivity index (χ2v) is 3.88. The van der Waals surface area contributed by atoms with Gasteiger partial charge in [0.2, 0.25) is 11.8 Å². The maximum atomic E-state index is 12.9. The first-order chi connectivity index (χ1) is 7.11. The van der Waals surface area contributed by atoms with Crippen LogP contribution in [0.3, 0.4) is 0 Å². The highest BCUT2D eigenvalue weighted by Gasteiger charge is 2.36. The van der Waals surface area contributed by atoms with Crippen LogP contribution >= 0.6 is 12.4 Å². The molecule has 1 saturated carbocycles. The Hall–Kier alpha value is -0.750. The van der Waals surface area contributed by atoms with Crippen molar-refractivity contribution in [2.24, 2.45) is 5.73 Å². The van der Waals surface area contributed by atoms with E-state index in [0.29, 0.717) is 24.6 Å². The largest absolute Gasteiger partial charge is 0.338 e. The van der Waals surface area contributed by atoms with E-state index in [1.165, 1.54) is 0 Å². The molecular weight excluding hydrogens is 240 g/mol. The number of hydrogen-bond donors (Lipinski definition) is 1. The molecule has 0 spiro atoms. The minimum atomic E-state index is -2.52. The molecule has 16 heavy (non-hydrogen) atoms. The van der Waals surface area contributed by atoms with E-state index in [9.17, 15) is 8.78 Å². The van der Waals surface area contributed by atoms with Crippen molar-refractivity contribution in [1.29, 1.82) is 0 Å². The van der Waals surface area contributed by atoms with Crippen molar-refractivity contribution >= 4 is 12.4 Å². The van der Waals surface area contributed by atoms with E-state index in [-0.39, 0.29) is 37.7 Å².